The van der Waals surface area contributed by atoms with Crippen LogP contribution in [-0.4, -0.2) is 15.6 Å². The molecule has 2 N–H and O–H groups in total. The highest BCUT2D eigenvalue weighted by Crippen LogP contribution is 2.20. The normalized spacial score (nSPS) is 10.7. The Bertz CT molecular complexity index is 510. The van der Waals surface area contributed by atoms with Crippen molar-refractivity contribution in [1.29, 1.82) is 0 Å². The van der Waals surface area contributed by atoms with Gasteiger partial charge in [0.25, 0.3) is 0 Å². The average Bonchev–Trinajstić information content (AvgIpc) is 2.85. The standard InChI is InChI=1S/C10H10BrN3O2/c1-14-9(7(11)5-13-14)10(15)8-3-2-6(4-12)16-8/h2-3,5H,4,12H2,1H3. The first-order chi connectivity index (χ1) is 7.63. The van der Waals surface area contributed by atoms with Gasteiger partial charge < -0.3 is 10.2 Å². The number of nitrogens with two attached hydrogens (primary N) is 1. The summed E-state index contributed by atoms with van der Waals surface area (Å²) in [5, 5.41) is 3.97. The number of rotatable bonds is 3. The van der Waals surface area contributed by atoms with E-state index in [1.54, 1.807) is 25.4 Å². The van der Waals surface area contributed by atoms with Crippen LogP contribution in [0.2, 0.25) is 0 Å². The van der Waals surface area contributed by atoms with Crippen molar-refractivity contribution < 1.29 is 9.21 Å². The molecule has 5 nitrogen and oxygen atoms in total. The summed E-state index contributed by atoms with van der Waals surface area (Å²) in [6.07, 6.45) is 1.57. The lowest BCUT2D eigenvalue weighted by Crippen LogP contribution is -2.08. The van der Waals surface area contributed by atoms with Crippen LogP contribution in [0.1, 0.15) is 22.0 Å². The van der Waals surface area contributed by atoms with E-state index in [0.717, 1.165) is 0 Å². The van der Waals surface area contributed by atoms with Gasteiger partial charge in [0.2, 0.25) is 5.78 Å². The van der Waals surface area contributed by atoms with Crippen molar-refractivity contribution in [2.24, 2.45) is 12.8 Å². The Morgan fingerprint density at radius 1 is 1.62 bits per heavy atom. The Balaban J connectivity index is 2.39. The first-order valence-corrected chi connectivity index (χ1v) is 5.43. The molecule has 0 fully saturated rings. The molecule has 2 heterocycles. The first kappa shape index (κ1) is 11.1. The van der Waals surface area contributed by atoms with Crippen LogP contribution in [0.25, 0.3) is 0 Å². The third kappa shape index (κ3) is 1.81. The number of carbonyl (C=O) groups is 1. The minimum absolute atomic E-state index is 0.216. The summed E-state index contributed by atoms with van der Waals surface area (Å²) in [7, 11) is 1.70. The molecule has 0 spiro atoms. The molecule has 6 heteroatoms. The highest BCUT2D eigenvalue weighted by atomic mass is 79.9. The molecule has 0 unspecified atom stereocenters. The number of furan rings is 1. The summed E-state index contributed by atoms with van der Waals surface area (Å²) in [6.45, 7) is 0.278. The minimum atomic E-state index is -0.216. The van der Waals surface area contributed by atoms with Gasteiger partial charge in [0, 0.05) is 7.05 Å². The Morgan fingerprint density at radius 2 is 2.38 bits per heavy atom. The van der Waals surface area contributed by atoms with Crippen LogP contribution in [-0.2, 0) is 13.6 Å². The van der Waals surface area contributed by atoms with E-state index in [1.807, 2.05) is 0 Å². The Hall–Kier alpha value is -1.40. The van der Waals surface area contributed by atoms with E-state index in [0.29, 0.717) is 15.9 Å². The zero-order valence-corrected chi connectivity index (χ0v) is 10.2. The number of nitrogens with zero attached hydrogens (tertiary/aromatic N) is 2. The van der Waals surface area contributed by atoms with Gasteiger partial charge in [0.1, 0.15) is 11.5 Å². The average molecular weight is 284 g/mol. The van der Waals surface area contributed by atoms with Gasteiger partial charge in [0.15, 0.2) is 5.76 Å². The summed E-state index contributed by atoms with van der Waals surface area (Å²) in [5.74, 6) is 0.637. The smallest absolute Gasteiger partial charge is 0.247 e. The van der Waals surface area contributed by atoms with Crippen LogP contribution >= 0.6 is 15.9 Å². The molecule has 0 radical (unpaired) electrons. The SMILES string of the molecule is Cn1ncc(Br)c1C(=O)c1ccc(CN)o1. The predicted molar refractivity (Wildman–Crippen MR) is 60.9 cm³/mol. The molecular weight excluding hydrogens is 274 g/mol. The molecule has 0 aromatic carbocycles. The third-order valence-electron chi connectivity index (χ3n) is 2.20. The van der Waals surface area contributed by atoms with Gasteiger partial charge in [-0.25, -0.2) is 0 Å². The zero-order chi connectivity index (χ0) is 11.7. The summed E-state index contributed by atoms with van der Waals surface area (Å²) < 4.78 is 7.43. The minimum Gasteiger partial charge on any atom is -0.456 e. The van der Waals surface area contributed by atoms with E-state index < -0.39 is 0 Å². The maximum absolute atomic E-state index is 12.1. The molecule has 0 aliphatic carbocycles. The molecule has 0 amide bonds. The molecule has 2 aromatic heterocycles. The lowest BCUT2D eigenvalue weighted by molar-refractivity contribution is 0.0998. The Kier molecular flexibility index (Phi) is 2.93. The summed E-state index contributed by atoms with van der Waals surface area (Å²) >= 11 is 3.27. The highest BCUT2D eigenvalue weighted by Gasteiger charge is 2.20. The summed E-state index contributed by atoms with van der Waals surface area (Å²) in [6, 6.07) is 3.31. The van der Waals surface area contributed by atoms with Crippen molar-refractivity contribution in [1.82, 2.24) is 9.78 Å². The van der Waals surface area contributed by atoms with Crippen LogP contribution in [0.3, 0.4) is 0 Å². The van der Waals surface area contributed by atoms with Crippen molar-refractivity contribution in [2.75, 3.05) is 0 Å². The van der Waals surface area contributed by atoms with Crippen molar-refractivity contribution in [3.05, 3.63) is 40.0 Å². The fourth-order valence-electron chi connectivity index (χ4n) is 1.39. The number of hydrogen-bond acceptors (Lipinski definition) is 4. The topological polar surface area (TPSA) is 74.0 Å². The van der Waals surface area contributed by atoms with Crippen LogP contribution in [0.15, 0.2) is 27.2 Å². The molecule has 2 rings (SSSR count). The molecule has 0 aliphatic rings. The van der Waals surface area contributed by atoms with Gasteiger partial charge in [-0.2, -0.15) is 5.10 Å². The van der Waals surface area contributed by atoms with E-state index in [2.05, 4.69) is 21.0 Å². The molecule has 84 valence electrons. The largest absolute Gasteiger partial charge is 0.456 e. The summed E-state index contributed by atoms with van der Waals surface area (Å²) in [5.41, 5.74) is 5.87. The third-order valence-corrected chi connectivity index (χ3v) is 2.78. The number of carbonyl (C=O) groups excluding carboxylic acids is 1. The van der Waals surface area contributed by atoms with Gasteiger partial charge in [-0.3, -0.25) is 9.48 Å². The van der Waals surface area contributed by atoms with E-state index >= 15 is 0 Å². The second kappa shape index (κ2) is 4.23. The number of halogens is 1. The van der Waals surface area contributed by atoms with Crippen LogP contribution in [0.5, 0.6) is 0 Å². The number of aryl methyl sites for hydroxylation is 1. The molecule has 0 atom stereocenters. The second-order valence-corrected chi connectivity index (χ2v) is 4.12. The van der Waals surface area contributed by atoms with Gasteiger partial charge in [-0.05, 0) is 28.1 Å². The number of aromatic nitrogens is 2. The molecule has 2 aromatic rings. The van der Waals surface area contributed by atoms with Crippen molar-refractivity contribution in [3.63, 3.8) is 0 Å². The number of ketones is 1. The fourth-order valence-corrected chi connectivity index (χ4v) is 1.92. The van der Waals surface area contributed by atoms with Gasteiger partial charge >= 0.3 is 0 Å². The summed E-state index contributed by atoms with van der Waals surface area (Å²) in [4.78, 5) is 12.1. The monoisotopic (exact) mass is 283 g/mol. The maximum atomic E-state index is 12.1. The maximum Gasteiger partial charge on any atom is 0.247 e. The zero-order valence-electron chi connectivity index (χ0n) is 8.61. The van der Waals surface area contributed by atoms with E-state index in [1.165, 1.54) is 4.68 Å². The molecule has 0 saturated carbocycles. The number of hydrogen-bond donors (Lipinski definition) is 1. The van der Waals surface area contributed by atoms with E-state index in [-0.39, 0.29) is 18.1 Å². The lowest BCUT2D eigenvalue weighted by atomic mass is 10.2. The Morgan fingerprint density at radius 3 is 2.88 bits per heavy atom. The van der Waals surface area contributed by atoms with Gasteiger partial charge in [-0.15, -0.1) is 0 Å². The molecular formula is C10H10BrN3O2. The first-order valence-electron chi connectivity index (χ1n) is 4.64. The van der Waals surface area contributed by atoms with Gasteiger partial charge in [-0.1, -0.05) is 0 Å². The van der Waals surface area contributed by atoms with Crippen LogP contribution in [0, 0.1) is 0 Å². The van der Waals surface area contributed by atoms with E-state index in [4.69, 9.17) is 10.2 Å². The Labute approximate surface area is 100 Å². The van der Waals surface area contributed by atoms with Crippen molar-refractivity contribution >= 4 is 21.7 Å². The highest BCUT2D eigenvalue weighted by molar-refractivity contribution is 9.10. The van der Waals surface area contributed by atoms with Crippen molar-refractivity contribution in [3.8, 4) is 0 Å². The lowest BCUT2D eigenvalue weighted by Gasteiger charge is -1.99. The van der Waals surface area contributed by atoms with Gasteiger partial charge in [0.05, 0.1) is 17.2 Å². The molecule has 0 saturated heterocycles. The second-order valence-electron chi connectivity index (χ2n) is 3.26. The van der Waals surface area contributed by atoms with Crippen LogP contribution in [0.4, 0.5) is 0 Å². The molecule has 0 bridgehead atoms. The van der Waals surface area contributed by atoms with E-state index in [9.17, 15) is 4.79 Å². The molecule has 16 heavy (non-hydrogen) atoms. The van der Waals surface area contributed by atoms with Crippen molar-refractivity contribution in [2.45, 2.75) is 6.54 Å². The predicted octanol–water partition coefficient (Wildman–Crippen LogP) is 1.47. The quantitative estimate of drug-likeness (QED) is 0.866. The molecule has 0 aliphatic heterocycles. The fraction of sp³-hybridized carbons (Fsp3) is 0.200. The van der Waals surface area contributed by atoms with Crippen LogP contribution < -0.4 is 5.73 Å².